The highest BCUT2D eigenvalue weighted by Gasteiger charge is 2.16. The van der Waals surface area contributed by atoms with Gasteiger partial charge in [0, 0.05) is 37.2 Å². The Balaban J connectivity index is 0.00000392. The number of ether oxygens (including phenoxy) is 1. The van der Waals surface area contributed by atoms with Crippen LogP contribution >= 0.6 is 24.0 Å². The lowest BCUT2D eigenvalue weighted by atomic mass is 10.1. The molecule has 7 nitrogen and oxygen atoms in total. The van der Waals surface area contributed by atoms with Crippen LogP contribution in [0.5, 0.6) is 0 Å². The van der Waals surface area contributed by atoms with E-state index in [2.05, 4.69) is 29.5 Å². The fourth-order valence-corrected chi connectivity index (χ4v) is 3.04. The first-order valence-corrected chi connectivity index (χ1v) is 9.94. The molecule has 8 heteroatoms. The van der Waals surface area contributed by atoms with Crippen molar-refractivity contribution in [2.24, 2.45) is 10.9 Å². The number of nitrogens with zero attached hydrogens (tertiary/aromatic N) is 2. The van der Waals surface area contributed by atoms with E-state index in [9.17, 15) is 10.1 Å². The monoisotopic (exact) mass is 504 g/mol. The van der Waals surface area contributed by atoms with E-state index < -0.39 is 0 Å². The van der Waals surface area contributed by atoms with E-state index >= 15 is 0 Å². The van der Waals surface area contributed by atoms with Crippen LogP contribution in [0.2, 0.25) is 0 Å². The maximum absolute atomic E-state index is 10.8. The Morgan fingerprint density at radius 3 is 2.71 bits per heavy atom. The maximum Gasteiger partial charge on any atom is 0.269 e. The van der Waals surface area contributed by atoms with Crippen molar-refractivity contribution in [3.8, 4) is 0 Å². The van der Waals surface area contributed by atoms with Gasteiger partial charge in [-0.3, -0.25) is 10.1 Å². The molecule has 2 N–H and O–H groups in total. The molecule has 0 radical (unpaired) electrons. The fourth-order valence-electron chi connectivity index (χ4n) is 3.04. The smallest absolute Gasteiger partial charge is 0.269 e. The van der Waals surface area contributed by atoms with Crippen molar-refractivity contribution in [1.82, 2.24) is 10.6 Å². The number of rotatable bonds is 10. The summed E-state index contributed by atoms with van der Waals surface area (Å²) in [6, 6.07) is 6.91. The molecule has 0 amide bonds. The molecule has 1 aromatic carbocycles. The van der Waals surface area contributed by atoms with Crippen molar-refractivity contribution < 1.29 is 9.66 Å². The topological polar surface area (TPSA) is 88.8 Å². The second-order valence-electron chi connectivity index (χ2n) is 7.24. The molecular formula is C20H33IN4O3. The van der Waals surface area contributed by atoms with Crippen molar-refractivity contribution in [2.75, 3.05) is 19.8 Å². The minimum atomic E-state index is -0.386. The largest absolute Gasteiger partial charge is 0.381 e. The summed E-state index contributed by atoms with van der Waals surface area (Å²) in [5.74, 6) is 1.32. The van der Waals surface area contributed by atoms with Gasteiger partial charge in [-0.2, -0.15) is 0 Å². The molecule has 28 heavy (non-hydrogen) atoms. The third kappa shape index (κ3) is 9.18. The van der Waals surface area contributed by atoms with E-state index in [1.54, 1.807) is 12.1 Å². The molecule has 1 heterocycles. The number of unbranched alkanes of at least 4 members (excludes halogenated alkanes) is 2. The lowest BCUT2D eigenvalue weighted by Crippen LogP contribution is -2.44. The molecule has 0 saturated carbocycles. The van der Waals surface area contributed by atoms with Gasteiger partial charge in [0.05, 0.1) is 18.1 Å². The van der Waals surface area contributed by atoms with Gasteiger partial charge in [-0.25, -0.2) is 4.99 Å². The Kier molecular flexibility index (Phi) is 12.1. The summed E-state index contributed by atoms with van der Waals surface area (Å²) in [4.78, 5) is 15.1. The van der Waals surface area contributed by atoms with E-state index in [1.165, 1.54) is 31.4 Å². The van der Waals surface area contributed by atoms with E-state index in [4.69, 9.17) is 4.74 Å². The molecule has 1 aromatic rings. The number of guanidine groups is 1. The zero-order chi connectivity index (χ0) is 19.5. The van der Waals surface area contributed by atoms with Crippen LogP contribution in [-0.4, -0.2) is 36.7 Å². The fraction of sp³-hybridized carbons (Fsp3) is 0.650. The molecule has 2 unspecified atom stereocenters. The van der Waals surface area contributed by atoms with Gasteiger partial charge in [0.25, 0.3) is 5.69 Å². The first-order chi connectivity index (χ1) is 13.1. The summed E-state index contributed by atoms with van der Waals surface area (Å²) in [5.41, 5.74) is 1.05. The number of hydrogen-bond donors (Lipinski definition) is 2. The lowest BCUT2D eigenvalue weighted by molar-refractivity contribution is -0.384. The van der Waals surface area contributed by atoms with Gasteiger partial charge in [0.1, 0.15) is 0 Å². The molecule has 1 aliphatic rings. The van der Waals surface area contributed by atoms with Crippen LogP contribution in [-0.2, 0) is 11.3 Å². The second-order valence-corrected chi connectivity index (χ2v) is 7.24. The SMILES string of the molecule is CCCCCC(C)NC(=NCc1ccc([N+](=O)[O-])cc1)NCC1CCOC1.I. The highest BCUT2D eigenvalue weighted by molar-refractivity contribution is 14.0. The quantitative estimate of drug-likeness (QED) is 0.124. The molecule has 0 bridgehead atoms. The van der Waals surface area contributed by atoms with Gasteiger partial charge in [-0.15, -0.1) is 24.0 Å². The van der Waals surface area contributed by atoms with E-state index in [-0.39, 0.29) is 34.6 Å². The van der Waals surface area contributed by atoms with Gasteiger partial charge in [-0.1, -0.05) is 38.3 Å². The molecule has 0 spiro atoms. The summed E-state index contributed by atoms with van der Waals surface area (Å²) in [5, 5.41) is 17.7. The Labute approximate surface area is 184 Å². The van der Waals surface area contributed by atoms with Crippen molar-refractivity contribution in [3.05, 3.63) is 39.9 Å². The van der Waals surface area contributed by atoms with Crippen LogP contribution in [0, 0.1) is 16.0 Å². The Bertz CT molecular complexity index is 604. The van der Waals surface area contributed by atoms with Crippen LogP contribution in [0.3, 0.4) is 0 Å². The molecule has 1 fully saturated rings. The maximum atomic E-state index is 10.8. The van der Waals surface area contributed by atoms with Crippen molar-refractivity contribution in [1.29, 1.82) is 0 Å². The molecular weight excluding hydrogens is 471 g/mol. The van der Waals surface area contributed by atoms with Gasteiger partial charge >= 0.3 is 0 Å². The van der Waals surface area contributed by atoms with E-state index in [0.717, 1.165) is 44.1 Å². The van der Waals surface area contributed by atoms with Crippen molar-refractivity contribution >= 4 is 35.6 Å². The first-order valence-electron chi connectivity index (χ1n) is 9.94. The molecule has 1 saturated heterocycles. The molecule has 158 valence electrons. The molecule has 2 atom stereocenters. The normalized spacial score (nSPS) is 17.6. The number of benzene rings is 1. The molecule has 0 aromatic heterocycles. The predicted octanol–water partition coefficient (Wildman–Crippen LogP) is 4.25. The van der Waals surface area contributed by atoms with Crippen LogP contribution in [0.4, 0.5) is 5.69 Å². The lowest BCUT2D eigenvalue weighted by Gasteiger charge is -2.19. The highest BCUT2D eigenvalue weighted by Crippen LogP contribution is 2.13. The predicted molar refractivity (Wildman–Crippen MR) is 123 cm³/mol. The molecule has 1 aliphatic heterocycles. The number of nitrogens with one attached hydrogen (secondary N) is 2. The highest BCUT2D eigenvalue weighted by atomic mass is 127. The van der Waals surface area contributed by atoms with Crippen LogP contribution in [0.25, 0.3) is 0 Å². The van der Waals surface area contributed by atoms with E-state index in [0.29, 0.717) is 18.5 Å². The number of halogens is 1. The van der Waals surface area contributed by atoms with E-state index in [1.807, 2.05) is 0 Å². The van der Waals surface area contributed by atoms with Gasteiger partial charge < -0.3 is 15.4 Å². The number of hydrogen-bond acceptors (Lipinski definition) is 4. The van der Waals surface area contributed by atoms with Gasteiger partial charge in [-0.05, 0) is 25.3 Å². The van der Waals surface area contributed by atoms with Crippen LogP contribution < -0.4 is 10.6 Å². The summed E-state index contributed by atoms with van der Waals surface area (Å²) < 4.78 is 5.44. The summed E-state index contributed by atoms with van der Waals surface area (Å²) >= 11 is 0. The minimum Gasteiger partial charge on any atom is -0.381 e. The zero-order valence-electron chi connectivity index (χ0n) is 16.9. The first kappa shape index (κ1) is 24.6. The minimum absolute atomic E-state index is 0. The van der Waals surface area contributed by atoms with Gasteiger partial charge in [0.2, 0.25) is 0 Å². The van der Waals surface area contributed by atoms with Crippen molar-refractivity contribution in [2.45, 2.75) is 58.5 Å². The third-order valence-corrected chi connectivity index (χ3v) is 4.77. The number of nitro benzene ring substituents is 1. The number of aliphatic imine (C=N–C) groups is 1. The number of nitro groups is 1. The average Bonchev–Trinajstić information content (AvgIpc) is 3.18. The molecule has 2 rings (SSSR count). The Morgan fingerprint density at radius 1 is 1.36 bits per heavy atom. The Hall–Kier alpha value is -1.42. The standard InChI is InChI=1S/C20H32N4O3.HI/c1-3-4-5-6-16(2)23-20(22-14-18-11-12-27-15-18)21-13-17-7-9-19(10-8-17)24(25)26;/h7-10,16,18H,3-6,11-15H2,1-2H3,(H2,21,22,23);1H. The van der Waals surface area contributed by atoms with Crippen molar-refractivity contribution in [3.63, 3.8) is 0 Å². The van der Waals surface area contributed by atoms with Crippen LogP contribution in [0.1, 0.15) is 51.5 Å². The summed E-state index contributed by atoms with van der Waals surface area (Å²) in [6.07, 6.45) is 5.85. The summed E-state index contributed by atoms with van der Waals surface area (Å²) in [7, 11) is 0. The average molecular weight is 504 g/mol. The second kappa shape index (κ2) is 13.7. The van der Waals surface area contributed by atoms with Gasteiger partial charge in [0.15, 0.2) is 5.96 Å². The third-order valence-electron chi connectivity index (χ3n) is 4.77. The molecule has 0 aliphatic carbocycles. The zero-order valence-corrected chi connectivity index (χ0v) is 19.2. The Morgan fingerprint density at radius 2 is 2.11 bits per heavy atom. The number of non-ortho nitro benzene ring substituents is 1. The summed E-state index contributed by atoms with van der Waals surface area (Å²) in [6.45, 7) is 7.35. The van der Waals surface area contributed by atoms with Crippen LogP contribution in [0.15, 0.2) is 29.3 Å².